The molecule has 0 radical (unpaired) electrons. The molecule has 0 aliphatic heterocycles. The summed E-state index contributed by atoms with van der Waals surface area (Å²) in [5.41, 5.74) is 6.84. The molecule has 0 unspecified atom stereocenters. The predicted octanol–water partition coefficient (Wildman–Crippen LogP) is 1.59. The Balaban J connectivity index is 2.98. The van der Waals surface area contributed by atoms with E-state index in [9.17, 15) is 4.79 Å². The zero-order valence-electron chi connectivity index (χ0n) is 10.2. The highest BCUT2D eigenvalue weighted by atomic mass is 79.9. The van der Waals surface area contributed by atoms with Crippen LogP contribution in [0.25, 0.3) is 0 Å². The van der Waals surface area contributed by atoms with E-state index in [4.69, 9.17) is 5.73 Å². The summed E-state index contributed by atoms with van der Waals surface area (Å²) in [4.78, 5) is 11.8. The molecule has 1 heterocycles. The predicted molar refractivity (Wildman–Crippen MR) is 67.3 cm³/mol. The first-order chi connectivity index (χ1) is 7.27. The summed E-state index contributed by atoms with van der Waals surface area (Å²) in [5.74, 6) is 0.0128. The van der Waals surface area contributed by atoms with Crippen LogP contribution in [0.15, 0.2) is 4.47 Å². The number of rotatable bonds is 4. The second kappa shape index (κ2) is 4.67. The lowest BCUT2D eigenvalue weighted by atomic mass is 9.97. The highest BCUT2D eigenvalue weighted by Crippen LogP contribution is 2.23. The van der Waals surface area contributed by atoms with Gasteiger partial charge in [-0.1, -0.05) is 6.92 Å². The Morgan fingerprint density at radius 3 is 2.50 bits per heavy atom. The van der Waals surface area contributed by atoms with Gasteiger partial charge in [0.25, 0.3) is 0 Å². The number of halogens is 1. The third-order valence-corrected chi connectivity index (χ3v) is 3.46. The van der Waals surface area contributed by atoms with Gasteiger partial charge in [0.05, 0.1) is 27.8 Å². The van der Waals surface area contributed by atoms with Crippen molar-refractivity contribution in [2.45, 2.75) is 39.2 Å². The molecule has 0 atom stereocenters. The van der Waals surface area contributed by atoms with Gasteiger partial charge in [-0.3, -0.25) is 9.48 Å². The number of aromatic nitrogens is 2. The summed E-state index contributed by atoms with van der Waals surface area (Å²) in [7, 11) is 1.84. The van der Waals surface area contributed by atoms with Crippen molar-refractivity contribution in [1.82, 2.24) is 9.78 Å². The fraction of sp³-hybridized carbons (Fsp3) is 0.636. The third-order valence-electron chi connectivity index (χ3n) is 2.55. The van der Waals surface area contributed by atoms with Crippen LogP contribution in [0.3, 0.4) is 0 Å². The van der Waals surface area contributed by atoms with Crippen LogP contribution in [-0.2, 0) is 24.7 Å². The van der Waals surface area contributed by atoms with Gasteiger partial charge >= 0.3 is 0 Å². The minimum absolute atomic E-state index is 0.0128. The molecule has 2 N–H and O–H groups in total. The summed E-state index contributed by atoms with van der Waals surface area (Å²) in [6.45, 7) is 5.48. The van der Waals surface area contributed by atoms with Gasteiger partial charge in [-0.2, -0.15) is 5.10 Å². The van der Waals surface area contributed by atoms with Crippen molar-refractivity contribution >= 4 is 21.7 Å². The molecular weight excluding hydrogens is 270 g/mol. The molecule has 0 amide bonds. The molecule has 1 aromatic rings. The Kier molecular flexibility index (Phi) is 3.91. The average molecular weight is 288 g/mol. The molecule has 0 bridgehead atoms. The molecule has 1 rings (SSSR count). The quantitative estimate of drug-likeness (QED) is 0.915. The van der Waals surface area contributed by atoms with Crippen LogP contribution < -0.4 is 5.73 Å². The molecular formula is C11H18BrN3O. The largest absolute Gasteiger partial charge is 0.319 e. The standard InChI is InChI=1S/C11H18BrN3O/c1-5-7-10(12)8(15(4)14-7)6-9(16)11(2,3)13/h5-6,13H2,1-4H3. The van der Waals surface area contributed by atoms with Crippen LogP contribution in [0.5, 0.6) is 0 Å². The second-order valence-corrected chi connectivity index (χ2v) is 5.30. The van der Waals surface area contributed by atoms with E-state index in [1.807, 2.05) is 14.0 Å². The molecule has 90 valence electrons. The van der Waals surface area contributed by atoms with Crippen molar-refractivity contribution in [3.63, 3.8) is 0 Å². The number of aryl methyl sites for hydroxylation is 2. The molecule has 0 fully saturated rings. The second-order valence-electron chi connectivity index (χ2n) is 4.51. The lowest BCUT2D eigenvalue weighted by Gasteiger charge is -2.16. The fourth-order valence-corrected chi connectivity index (χ4v) is 2.15. The van der Waals surface area contributed by atoms with Gasteiger partial charge in [-0.15, -0.1) is 0 Å². The number of ketones is 1. The number of hydrogen-bond donors (Lipinski definition) is 1. The van der Waals surface area contributed by atoms with Crippen molar-refractivity contribution in [3.05, 3.63) is 15.9 Å². The average Bonchev–Trinajstić information content (AvgIpc) is 2.43. The zero-order chi connectivity index (χ0) is 12.5. The van der Waals surface area contributed by atoms with Gasteiger partial charge in [0.1, 0.15) is 0 Å². The van der Waals surface area contributed by atoms with Crippen molar-refractivity contribution in [2.75, 3.05) is 0 Å². The summed E-state index contributed by atoms with van der Waals surface area (Å²) >= 11 is 3.48. The Morgan fingerprint density at radius 1 is 1.56 bits per heavy atom. The molecule has 0 aromatic carbocycles. The van der Waals surface area contributed by atoms with E-state index < -0.39 is 5.54 Å². The first-order valence-corrected chi connectivity index (χ1v) is 6.09. The van der Waals surface area contributed by atoms with E-state index in [1.54, 1.807) is 18.5 Å². The van der Waals surface area contributed by atoms with Crippen molar-refractivity contribution in [3.8, 4) is 0 Å². The van der Waals surface area contributed by atoms with E-state index >= 15 is 0 Å². The maximum atomic E-state index is 11.8. The molecule has 16 heavy (non-hydrogen) atoms. The lowest BCUT2D eigenvalue weighted by Crippen LogP contribution is -2.42. The van der Waals surface area contributed by atoms with E-state index in [0.717, 1.165) is 22.3 Å². The topological polar surface area (TPSA) is 60.9 Å². The summed E-state index contributed by atoms with van der Waals surface area (Å²) in [6.07, 6.45) is 1.15. The Bertz CT molecular complexity index is 404. The van der Waals surface area contributed by atoms with Gasteiger partial charge in [-0.05, 0) is 36.2 Å². The third kappa shape index (κ3) is 2.71. The molecule has 5 heteroatoms. The normalized spacial score (nSPS) is 11.9. The van der Waals surface area contributed by atoms with Crippen LogP contribution in [0, 0.1) is 0 Å². The van der Waals surface area contributed by atoms with Gasteiger partial charge < -0.3 is 5.73 Å². The molecule has 0 saturated heterocycles. The van der Waals surface area contributed by atoms with E-state index in [0.29, 0.717) is 6.42 Å². The van der Waals surface area contributed by atoms with Gasteiger partial charge in [0.2, 0.25) is 0 Å². The maximum absolute atomic E-state index is 11.8. The van der Waals surface area contributed by atoms with Crippen molar-refractivity contribution in [1.29, 1.82) is 0 Å². The maximum Gasteiger partial charge on any atom is 0.158 e. The number of carbonyl (C=O) groups excluding carboxylic acids is 1. The Morgan fingerprint density at radius 2 is 2.12 bits per heavy atom. The van der Waals surface area contributed by atoms with Crippen LogP contribution in [0.2, 0.25) is 0 Å². The minimum atomic E-state index is -0.796. The molecule has 0 spiro atoms. The van der Waals surface area contributed by atoms with Crippen LogP contribution in [0.4, 0.5) is 0 Å². The number of hydrogen-bond acceptors (Lipinski definition) is 3. The first kappa shape index (κ1) is 13.4. The minimum Gasteiger partial charge on any atom is -0.319 e. The van der Waals surface area contributed by atoms with Crippen LogP contribution >= 0.6 is 15.9 Å². The zero-order valence-corrected chi connectivity index (χ0v) is 11.8. The van der Waals surface area contributed by atoms with Gasteiger partial charge in [0, 0.05) is 7.05 Å². The Hall–Kier alpha value is -0.680. The van der Waals surface area contributed by atoms with Crippen LogP contribution in [-0.4, -0.2) is 21.1 Å². The SMILES string of the molecule is CCc1nn(C)c(CC(=O)C(C)(C)N)c1Br. The van der Waals surface area contributed by atoms with E-state index in [-0.39, 0.29) is 5.78 Å². The fourth-order valence-electron chi connectivity index (χ4n) is 1.39. The highest BCUT2D eigenvalue weighted by Gasteiger charge is 2.25. The summed E-state index contributed by atoms with van der Waals surface area (Å²) in [5, 5.41) is 4.34. The molecule has 1 aromatic heterocycles. The van der Waals surface area contributed by atoms with E-state index in [2.05, 4.69) is 21.0 Å². The Labute approximate surface area is 104 Å². The number of carbonyl (C=O) groups is 1. The van der Waals surface area contributed by atoms with Crippen molar-refractivity contribution in [2.24, 2.45) is 12.8 Å². The highest BCUT2D eigenvalue weighted by molar-refractivity contribution is 9.10. The van der Waals surface area contributed by atoms with Crippen LogP contribution in [0.1, 0.15) is 32.2 Å². The van der Waals surface area contributed by atoms with Gasteiger partial charge in [0.15, 0.2) is 5.78 Å². The number of Topliss-reactive ketones (excluding diaryl/α,β-unsaturated/α-hetero) is 1. The monoisotopic (exact) mass is 287 g/mol. The van der Waals surface area contributed by atoms with E-state index in [1.165, 1.54) is 0 Å². The molecule has 0 saturated carbocycles. The van der Waals surface area contributed by atoms with Crippen molar-refractivity contribution < 1.29 is 4.79 Å². The first-order valence-electron chi connectivity index (χ1n) is 5.29. The smallest absolute Gasteiger partial charge is 0.158 e. The number of nitrogens with zero attached hydrogens (tertiary/aromatic N) is 2. The van der Waals surface area contributed by atoms with Gasteiger partial charge in [-0.25, -0.2) is 0 Å². The number of nitrogens with two attached hydrogens (primary N) is 1. The molecule has 4 nitrogen and oxygen atoms in total. The summed E-state index contributed by atoms with van der Waals surface area (Å²) in [6, 6.07) is 0. The molecule has 0 aliphatic rings. The molecule has 0 aliphatic carbocycles. The summed E-state index contributed by atoms with van der Waals surface area (Å²) < 4.78 is 2.67. The lowest BCUT2D eigenvalue weighted by molar-refractivity contribution is -0.122.